The van der Waals surface area contributed by atoms with Gasteiger partial charge in [-0.05, 0) is 18.1 Å². The summed E-state index contributed by atoms with van der Waals surface area (Å²) in [4.78, 5) is 0. The lowest BCUT2D eigenvalue weighted by atomic mass is 10.2. The third kappa shape index (κ3) is 6.32. The summed E-state index contributed by atoms with van der Waals surface area (Å²) >= 11 is 0. The summed E-state index contributed by atoms with van der Waals surface area (Å²) in [5.41, 5.74) is 0.789. The summed E-state index contributed by atoms with van der Waals surface area (Å²) in [7, 11) is 0. The van der Waals surface area contributed by atoms with Crippen LogP contribution < -0.4 is 0 Å². The topological polar surface area (TPSA) is 0 Å². The predicted octanol–water partition coefficient (Wildman–Crippen LogP) is 4.44. The maximum absolute atomic E-state index is 12.6. The number of benzene rings is 1. The first-order valence-corrected chi connectivity index (χ1v) is 5.08. The van der Waals surface area contributed by atoms with Crippen molar-refractivity contribution in [3.63, 3.8) is 0 Å². The van der Waals surface area contributed by atoms with Gasteiger partial charge in [-0.1, -0.05) is 52.8 Å². The van der Waals surface area contributed by atoms with Crippen LogP contribution in [0.25, 0.3) is 0 Å². The van der Waals surface area contributed by atoms with Crippen LogP contribution in [-0.4, -0.2) is 0 Å². The molecular formula is C12H21F. The van der Waals surface area contributed by atoms with Gasteiger partial charge in [-0.15, -0.1) is 0 Å². The standard InChI is InChI=1S/C8H9F.2C2H6/c1-2-7-5-3-4-6-8(7)9;2*1-2/h3-6H,2H2,1H3;2*1-2H3. The highest BCUT2D eigenvalue weighted by Crippen LogP contribution is 2.05. The molecule has 13 heavy (non-hydrogen) atoms. The maximum atomic E-state index is 12.6. The van der Waals surface area contributed by atoms with Gasteiger partial charge in [0.25, 0.3) is 0 Å². The fraction of sp³-hybridized carbons (Fsp3) is 0.500. The minimum atomic E-state index is -0.0972. The Morgan fingerprint density at radius 1 is 1.00 bits per heavy atom. The maximum Gasteiger partial charge on any atom is 0.126 e. The van der Waals surface area contributed by atoms with Crippen molar-refractivity contribution in [2.24, 2.45) is 0 Å². The van der Waals surface area contributed by atoms with Gasteiger partial charge in [0, 0.05) is 0 Å². The van der Waals surface area contributed by atoms with E-state index >= 15 is 0 Å². The van der Waals surface area contributed by atoms with Gasteiger partial charge in [0.15, 0.2) is 0 Å². The fourth-order valence-corrected chi connectivity index (χ4v) is 0.785. The van der Waals surface area contributed by atoms with E-state index in [1.807, 2.05) is 40.7 Å². The van der Waals surface area contributed by atoms with Crippen LogP contribution in [0.4, 0.5) is 4.39 Å². The second-order valence-corrected chi connectivity index (χ2v) is 1.94. The Morgan fingerprint density at radius 2 is 1.46 bits per heavy atom. The third-order valence-electron chi connectivity index (χ3n) is 1.34. The second kappa shape index (κ2) is 11.2. The van der Waals surface area contributed by atoms with Gasteiger partial charge >= 0.3 is 0 Å². The molecule has 0 spiro atoms. The molecule has 0 aromatic heterocycles. The molecule has 0 aliphatic carbocycles. The van der Waals surface area contributed by atoms with Crippen molar-refractivity contribution in [2.75, 3.05) is 0 Å². The Labute approximate surface area is 81.8 Å². The molecule has 0 amide bonds. The second-order valence-electron chi connectivity index (χ2n) is 1.94. The SMILES string of the molecule is CC.CC.CCc1ccccc1F. The molecule has 0 aliphatic heterocycles. The molecule has 0 N–H and O–H groups in total. The van der Waals surface area contributed by atoms with E-state index in [0.717, 1.165) is 12.0 Å². The Kier molecular flexibility index (Phi) is 12.6. The summed E-state index contributed by atoms with van der Waals surface area (Å²) in [5, 5.41) is 0. The highest BCUT2D eigenvalue weighted by Gasteiger charge is 1.93. The molecule has 0 aliphatic rings. The summed E-state index contributed by atoms with van der Waals surface area (Å²) in [6.07, 6.45) is 0.771. The molecule has 0 fully saturated rings. The first-order valence-electron chi connectivity index (χ1n) is 5.08. The molecule has 1 rings (SSSR count). The molecule has 0 saturated carbocycles. The van der Waals surface area contributed by atoms with Crippen LogP contribution in [0, 0.1) is 5.82 Å². The predicted molar refractivity (Wildman–Crippen MR) is 58.5 cm³/mol. The number of hydrogen-bond donors (Lipinski definition) is 0. The van der Waals surface area contributed by atoms with Gasteiger partial charge in [-0.3, -0.25) is 0 Å². The van der Waals surface area contributed by atoms with E-state index in [9.17, 15) is 4.39 Å². The molecular weight excluding hydrogens is 163 g/mol. The van der Waals surface area contributed by atoms with Crippen molar-refractivity contribution in [1.82, 2.24) is 0 Å². The van der Waals surface area contributed by atoms with E-state index < -0.39 is 0 Å². The molecule has 76 valence electrons. The summed E-state index contributed by atoms with van der Waals surface area (Å²) in [5.74, 6) is -0.0972. The van der Waals surface area contributed by atoms with Gasteiger partial charge < -0.3 is 0 Å². The Hall–Kier alpha value is -0.850. The van der Waals surface area contributed by atoms with Crippen molar-refractivity contribution in [2.45, 2.75) is 41.0 Å². The van der Waals surface area contributed by atoms with Crippen LogP contribution >= 0.6 is 0 Å². The first-order chi connectivity index (χ1) is 6.34. The highest BCUT2D eigenvalue weighted by molar-refractivity contribution is 5.16. The minimum Gasteiger partial charge on any atom is -0.207 e. The smallest absolute Gasteiger partial charge is 0.126 e. The van der Waals surface area contributed by atoms with Crippen LogP contribution in [0.3, 0.4) is 0 Å². The van der Waals surface area contributed by atoms with E-state index in [4.69, 9.17) is 0 Å². The molecule has 1 heteroatoms. The Bertz CT molecular complexity index is 194. The fourth-order valence-electron chi connectivity index (χ4n) is 0.785. The van der Waals surface area contributed by atoms with Crippen LogP contribution in [0.1, 0.15) is 40.2 Å². The van der Waals surface area contributed by atoms with Gasteiger partial charge in [-0.25, -0.2) is 4.39 Å². The zero-order valence-corrected chi connectivity index (χ0v) is 9.39. The first kappa shape index (κ1) is 14.7. The van der Waals surface area contributed by atoms with E-state index in [0.29, 0.717) is 0 Å². The molecule has 0 bridgehead atoms. The lowest BCUT2D eigenvalue weighted by Crippen LogP contribution is -1.83. The van der Waals surface area contributed by atoms with Crippen LogP contribution in [0.2, 0.25) is 0 Å². The molecule has 0 nitrogen and oxygen atoms in total. The lowest BCUT2D eigenvalue weighted by molar-refractivity contribution is 0.612. The molecule has 0 unspecified atom stereocenters. The largest absolute Gasteiger partial charge is 0.207 e. The molecule has 0 atom stereocenters. The zero-order valence-electron chi connectivity index (χ0n) is 9.39. The summed E-state index contributed by atoms with van der Waals surface area (Å²) in [6.45, 7) is 9.94. The number of hydrogen-bond acceptors (Lipinski definition) is 0. The number of aryl methyl sites for hydroxylation is 1. The summed E-state index contributed by atoms with van der Waals surface area (Å²) < 4.78 is 12.6. The summed E-state index contributed by atoms with van der Waals surface area (Å²) in [6, 6.07) is 6.84. The van der Waals surface area contributed by atoms with E-state index in [-0.39, 0.29) is 5.82 Å². The van der Waals surface area contributed by atoms with Gasteiger partial charge in [0.1, 0.15) is 5.82 Å². The normalized spacial score (nSPS) is 7.54. The van der Waals surface area contributed by atoms with E-state index in [2.05, 4.69) is 0 Å². The highest BCUT2D eigenvalue weighted by atomic mass is 19.1. The van der Waals surface area contributed by atoms with E-state index in [1.54, 1.807) is 12.1 Å². The molecule has 1 aromatic rings. The van der Waals surface area contributed by atoms with Crippen LogP contribution in [0.15, 0.2) is 24.3 Å². The van der Waals surface area contributed by atoms with Crippen molar-refractivity contribution >= 4 is 0 Å². The molecule has 1 aromatic carbocycles. The quantitative estimate of drug-likeness (QED) is 0.605. The molecule has 0 radical (unpaired) electrons. The Morgan fingerprint density at radius 3 is 1.77 bits per heavy atom. The number of halogens is 1. The average Bonchev–Trinajstić information content (AvgIpc) is 2.24. The molecule has 0 saturated heterocycles. The third-order valence-corrected chi connectivity index (χ3v) is 1.34. The molecule has 0 heterocycles. The van der Waals surface area contributed by atoms with Gasteiger partial charge in [-0.2, -0.15) is 0 Å². The van der Waals surface area contributed by atoms with Crippen molar-refractivity contribution in [3.8, 4) is 0 Å². The van der Waals surface area contributed by atoms with Crippen LogP contribution in [0.5, 0.6) is 0 Å². The lowest BCUT2D eigenvalue weighted by Gasteiger charge is -1.94. The monoisotopic (exact) mass is 184 g/mol. The van der Waals surface area contributed by atoms with Crippen molar-refractivity contribution in [3.05, 3.63) is 35.6 Å². The minimum absolute atomic E-state index is 0.0972. The Balaban J connectivity index is 0. The average molecular weight is 184 g/mol. The van der Waals surface area contributed by atoms with Crippen LogP contribution in [-0.2, 0) is 6.42 Å². The van der Waals surface area contributed by atoms with Gasteiger partial charge in [0.2, 0.25) is 0 Å². The van der Waals surface area contributed by atoms with Crippen molar-refractivity contribution in [1.29, 1.82) is 0 Å². The number of rotatable bonds is 1. The van der Waals surface area contributed by atoms with E-state index in [1.165, 1.54) is 6.07 Å². The zero-order chi connectivity index (χ0) is 10.7. The van der Waals surface area contributed by atoms with Crippen molar-refractivity contribution < 1.29 is 4.39 Å². The van der Waals surface area contributed by atoms with Gasteiger partial charge in [0.05, 0.1) is 0 Å².